The second kappa shape index (κ2) is 6.38. The first-order valence-corrected chi connectivity index (χ1v) is 7.89. The molecule has 0 spiro atoms. The molecule has 2 aliphatic carbocycles. The lowest BCUT2D eigenvalue weighted by atomic mass is 9.97. The van der Waals surface area contributed by atoms with Gasteiger partial charge in [0.1, 0.15) is 0 Å². The highest BCUT2D eigenvalue weighted by Gasteiger charge is 2.23. The van der Waals surface area contributed by atoms with Crippen molar-refractivity contribution in [2.45, 2.75) is 57.4 Å². The molecule has 2 aliphatic rings. The van der Waals surface area contributed by atoms with Crippen molar-refractivity contribution in [3.05, 3.63) is 47.0 Å². The lowest BCUT2D eigenvalue weighted by Crippen LogP contribution is -2.15. The van der Waals surface area contributed by atoms with E-state index in [-0.39, 0.29) is 0 Å². The second-order valence-corrected chi connectivity index (χ2v) is 6.05. The van der Waals surface area contributed by atoms with Gasteiger partial charge in [-0.05, 0) is 68.5 Å². The minimum absolute atomic E-state index is 0.868. The van der Waals surface area contributed by atoms with Crippen LogP contribution in [-0.4, -0.2) is 6.54 Å². The zero-order valence-corrected chi connectivity index (χ0v) is 11.8. The number of hydrogen-bond acceptors (Lipinski definition) is 1. The summed E-state index contributed by atoms with van der Waals surface area (Å²) in [5.41, 5.74) is 4.67. The Kier molecular flexibility index (Phi) is 4.34. The van der Waals surface area contributed by atoms with Crippen LogP contribution in [0.1, 0.15) is 62.0 Å². The van der Waals surface area contributed by atoms with E-state index in [4.69, 9.17) is 0 Å². The first-order chi connectivity index (χ1) is 9.42. The summed E-state index contributed by atoms with van der Waals surface area (Å²) in [6.45, 7) is 2.15. The van der Waals surface area contributed by atoms with E-state index in [2.05, 4.69) is 35.7 Å². The standard InChI is InChI=1S/C18H25N/c1-2-5-15(6-3-1)11-12-19-14-16-7-4-8-18(13-16)17-9-10-17/h4-5,7-8,13,17,19H,1-3,6,9-12,14H2. The Morgan fingerprint density at radius 3 is 2.89 bits per heavy atom. The van der Waals surface area contributed by atoms with E-state index >= 15 is 0 Å². The van der Waals surface area contributed by atoms with Gasteiger partial charge in [-0.25, -0.2) is 0 Å². The predicted molar refractivity (Wildman–Crippen MR) is 81.3 cm³/mol. The van der Waals surface area contributed by atoms with Crippen molar-refractivity contribution >= 4 is 0 Å². The Balaban J connectivity index is 1.41. The highest BCUT2D eigenvalue weighted by molar-refractivity contribution is 5.29. The fourth-order valence-electron chi connectivity index (χ4n) is 2.99. The van der Waals surface area contributed by atoms with Crippen LogP contribution in [0.25, 0.3) is 0 Å². The quantitative estimate of drug-likeness (QED) is 0.581. The zero-order valence-electron chi connectivity index (χ0n) is 11.8. The highest BCUT2D eigenvalue weighted by Crippen LogP contribution is 2.40. The molecule has 0 aromatic heterocycles. The molecule has 0 amide bonds. The highest BCUT2D eigenvalue weighted by atomic mass is 14.8. The fourth-order valence-corrected chi connectivity index (χ4v) is 2.99. The van der Waals surface area contributed by atoms with Crippen molar-refractivity contribution in [2.24, 2.45) is 0 Å². The van der Waals surface area contributed by atoms with E-state index in [1.807, 2.05) is 0 Å². The van der Waals surface area contributed by atoms with Crippen LogP contribution in [0.3, 0.4) is 0 Å². The minimum atomic E-state index is 0.868. The Bertz CT molecular complexity index is 443. The van der Waals surface area contributed by atoms with E-state index in [1.165, 1.54) is 50.5 Å². The molecular formula is C18H25N. The average Bonchev–Trinajstić information content (AvgIpc) is 3.30. The molecule has 1 saturated carbocycles. The SMILES string of the molecule is C1=C(CCNCc2cccc(C3CC3)c2)CCCC1. The van der Waals surface area contributed by atoms with Crippen molar-refractivity contribution in [1.82, 2.24) is 5.32 Å². The molecule has 0 bridgehead atoms. The van der Waals surface area contributed by atoms with Crippen LogP contribution in [0.15, 0.2) is 35.9 Å². The average molecular weight is 255 g/mol. The molecule has 0 aliphatic heterocycles. The van der Waals surface area contributed by atoms with E-state index in [0.29, 0.717) is 0 Å². The third-order valence-corrected chi connectivity index (χ3v) is 4.34. The van der Waals surface area contributed by atoms with Crippen molar-refractivity contribution < 1.29 is 0 Å². The molecule has 0 radical (unpaired) electrons. The molecule has 1 N–H and O–H groups in total. The van der Waals surface area contributed by atoms with Gasteiger partial charge in [-0.1, -0.05) is 35.9 Å². The van der Waals surface area contributed by atoms with Crippen molar-refractivity contribution in [2.75, 3.05) is 6.54 Å². The number of hydrogen-bond donors (Lipinski definition) is 1. The number of benzene rings is 1. The van der Waals surface area contributed by atoms with Gasteiger partial charge in [0.05, 0.1) is 0 Å². The molecule has 1 aromatic rings. The molecule has 1 aromatic carbocycles. The molecule has 19 heavy (non-hydrogen) atoms. The van der Waals surface area contributed by atoms with Gasteiger partial charge < -0.3 is 5.32 Å². The smallest absolute Gasteiger partial charge is 0.0205 e. The third-order valence-electron chi connectivity index (χ3n) is 4.34. The molecular weight excluding hydrogens is 230 g/mol. The number of allylic oxidation sites excluding steroid dienone is 1. The van der Waals surface area contributed by atoms with Crippen LogP contribution >= 0.6 is 0 Å². The minimum Gasteiger partial charge on any atom is -0.312 e. The van der Waals surface area contributed by atoms with Gasteiger partial charge in [0.15, 0.2) is 0 Å². The summed E-state index contributed by atoms with van der Waals surface area (Å²) in [6, 6.07) is 9.14. The van der Waals surface area contributed by atoms with Gasteiger partial charge >= 0.3 is 0 Å². The van der Waals surface area contributed by atoms with Gasteiger partial charge in [-0.3, -0.25) is 0 Å². The predicted octanol–water partition coefficient (Wildman–Crippen LogP) is 4.54. The fraction of sp³-hybridized carbons (Fsp3) is 0.556. The summed E-state index contributed by atoms with van der Waals surface area (Å²) in [6.07, 6.45) is 11.9. The summed E-state index contributed by atoms with van der Waals surface area (Å²) in [7, 11) is 0. The normalized spacial score (nSPS) is 19.3. The van der Waals surface area contributed by atoms with Crippen molar-refractivity contribution in [1.29, 1.82) is 0 Å². The molecule has 3 rings (SSSR count). The van der Waals surface area contributed by atoms with Crippen LogP contribution in [0.4, 0.5) is 0 Å². The van der Waals surface area contributed by atoms with Gasteiger partial charge in [0.25, 0.3) is 0 Å². The van der Waals surface area contributed by atoms with Crippen LogP contribution in [0.2, 0.25) is 0 Å². The zero-order chi connectivity index (χ0) is 12.9. The Morgan fingerprint density at radius 1 is 1.16 bits per heavy atom. The maximum absolute atomic E-state index is 3.59. The van der Waals surface area contributed by atoms with E-state index in [9.17, 15) is 0 Å². The first kappa shape index (κ1) is 12.9. The van der Waals surface area contributed by atoms with Crippen LogP contribution in [-0.2, 0) is 6.54 Å². The largest absolute Gasteiger partial charge is 0.312 e. The maximum atomic E-state index is 3.59. The monoisotopic (exact) mass is 255 g/mol. The molecule has 1 fully saturated rings. The van der Waals surface area contributed by atoms with Gasteiger partial charge in [0, 0.05) is 6.54 Å². The third kappa shape index (κ3) is 3.94. The lowest BCUT2D eigenvalue weighted by molar-refractivity contribution is 0.632. The number of rotatable bonds is 6. The van der Waals surface area contributed by atoms with Gasteiger partial charge in [0.2, 0.25) is 0 Å². The Labute approximate surface area is 117 Å². The lowest BCUT2D eigenvalue weighted by Gasteiger charge is -2.13. The number of nitrogens with one attached hydrogen (secondary N) is 1. The van der Waals surface area contributed by atoms with E-state index < -0.39 is 0 Å². The van der Waals surface area contributed by atoms with Gasteiger partial charge in [-0.15, -0.1) is 0 Å². The molecule has 0 atom stereocenters. The summed E-state index contributed by atoms with van der Waals surface area (Å²) in [5.74, 6) is 0.868. The van der Waals surface area contributed by atoms with Crippen molar-refractivity contribution in [3.8, 4) is 0 Å². The Hall–Kier alpha value is -1.08. The summed E-state index contributed by atoms with van der Waals surface area (Å²) >= 11 is 0. The topological polar surface area (TPSA) is 12.0 Å². The van der Waals surface area contributed by atoms with Crippen LogP contribution in [0, 0.1) is 0 Å². The maximum Gasteiger partial charge on any atom is 0.0205 e. The van der Waals surface area contributed by atoms with Crippen LogP contribution in [0.5, 0.6) is 0 Å². The summed E-state index contributed by atoms with van der Waals surface area (Å²) in [5, 5.41) is 3.59. The molecule has 0 saturated heterocycles. The molecule has 1 nitrogen and oxygen atoms in total. The molecule has 0 unspecified atom stereocenters. The van der Waals surface area contributed by atoms with Crippen molar-refractivity contribution in [3.63, 3.8) is 0 Å². The summed E-state index contributed by atoms with van der Waals surface area (Å²) < 4.78 is 0. The first-order valence-electron chi connectivity index (χ1n) is 7.89. The molecule has 102 valence electrons. The summed E-state index contributed by atoms with van der Waals surface area (Å²) in [4.78, 5) is 0. The van der Waals surface area contributed by atoms with Crippen LogP contribution < -0.4 is 5.32 Å². The second-order valence-electron chi connectivity index (χ2n) is 6.05. The van der Waals surface area contributed by atoms with Gasteiger partial charge in [-0.2, -0.15) is 0 Å². The molecule has 1 heteroatoms. The van der Waals surface area contributed by atoms with E-state index in [0.717, 1.165) is 19.0 Å². The molecule has 0 heterocycles. The van der Waals surface area contributed by atoms with E-state index in [1.54, 1.807) is 11.1 Å². The Morgan fingerprint density at radius 2 is 2.11 bits per heavy atom.